The summed E-state index contributed by atoms with van der Waals surface area (Å²) in [4.78, 5) is 30.0. The fourth-order valence-corrected chi connectivity index (χ4v) is 8.32. The first-order valence-corrected chi connectivity index (χ1v) is 16.8. The van der Waals surface area contributed by atoms with Gasteiger partial charge in [-0.15, -0.1) is 11.3 Å². The lowest BCUT2D eigenvalue weighted by atomic mass is 9.72. The van der Waals surface area contributed by atoms with Crippen molar-refractivity contribution in [3.8, 4) is 23.3 Å². The van der Waals surface area contributed by atoms with Crippen molar-refractivity contribution in [1.82, 2.24) is 24.9 Å². The third-order valence-corrected chi connectivity index (χ3v) is 10.6. The summed E-state index contributed by atoms with van der Waals surface area (Å²) < 4.78 is 12.5. The summed E-state index contributed by atoms with van der Waals surface area (Å²) >= 11 is 1.48. The average molecular weight is 631 g/mol. The summed E-state index contributed by atoms with van der Waals surface area (Å²) in [6.07, 6.45) is 7.50. The van der Waals surface area contributed by atoms with E-state index in [0.29, 0.717) is 46.8 Å². The van der Waals surface area contributed by atoms with Gasteiger partial charge < -0.3 is 29.7 Å². The number of nitrogen functional groups attached to an aromatic ring is 1. The van der Waals surface area contributed by atoms with Gasteiger partial charge in [0.1, 0.15) is 34.4 Å². The van der Waals surface area contributed by atoms with E-state index in [-0.39, 0.29) is 18.1 Å². The van der Waals surface area contributed by atoms with Crippen molar-refractivity contribution in [1.29, 1.82) is 5.26 Å². The van der Waals surface area contributed by atoms with Crippen LogP contribution < -0.4 is 15.4 Å². The van der Waals surface area contributed by atoms with Gasteiger partial charge >= 0.3 is 0 Å². The number of nitrogens with two attached hydrogens (primary N) is 1. The van der Waals surface area contributed by atoms with Gasteiger partial charge in [0.15, 0.2) is 0 Å². The highest BCUT2D eigenvalue weighted by molar-refractivity contribution is 7.16. The number of hydrogen-bond donors (Lipinski definition) is 1. The minimum absolute atomic E-state index is 0.0792. The Hall–Kier alpha value is -3.95. The molecule has 1 unspecified atom stereocenters. The third kappa shape index (κ3) is 6.03. The number of piperidine rings is 1. The van der Waals surface area contributed by atoms with E-state index < -0.39 is 5.41 Å². The Kier molecular flexibility index (Phi) is 8.84. The molecule has 1 amide bonds. The summed E-state index contributed by atoms with van der Waals surface area (Å²) in [6.45, 7) is 12.0. The fraction of sp³-hybridized carbons (Fsp3) is 0.545. The number of anilines is 2. The standard InChI is InChI=1S/C33H42N8O3S/c1-5-21-19-39(4)13-9-15-41(21)27-17-23(43-22-10-8-14-40(20-22)28(42)6-2)16-25(36-27)31-37-32(44-38-31)33(3)12-7-11-26-29(33)24(18-34)30(35)45-26/h6,16-17,21-22H,2,5,7-15,19-20,35H2,1,3-4H3/t21-,22?,33-/m0/s1. The molecule has 0 spiro atoms. The highest BCUT2D eigenvalue weighted by Gasteiger charge is 2.43. The molecule has 45 heavy (non-hydrogen) atoms. The van der Waals surface area contributed by atoms with Crippen LogP contribution in [0.2, 0.25) is 0 Å². The Bertz CT molecular complexity index is 1610. The zero-order valence-electron chi connectivity index (χ0n) is 26.4. The Morgan fingerprint density at radius 1 is 1.27 bits per heavy atom. The smallest absolute Gasteiger partial charge is 0.246 e. The number of fused-ring (bicyclic) bond motifs is 1. The number of carbonyl (C=O) groups is 1. The van der Waals surface area contributed by atoms with Gasteiger partial charge in [-0.05, 0) is 71.5 Å². The van der Waals surface area contributed by atoms with Crippen LogP contribution in [0.1, 0.15) is 74.3 Å². The second-order valence-corrected chi connectivity index (χ2v) is 13.8. The first-order valence-electron chi connectivity index (χ1n) is 16.0. The minimum Gasteiger partial charge on any atom is -0.488 e. The van der Waals surface area contributed by atoms with E-state index in [4.69, 9.17) is 25.0 Å². The first kappa shape index (κ1) is 31.0. The number of hydrogen-bond acceptors (Lipinski definition) is 11. The molecule has 0 radical (unpaired) electrons. The topological polar surface area (TPSA) is 138 Å². The maximum Gasteiger partial charge on any atom is 0.246 e. The van der Waals surface area contributed by atoms with Crippen LogP contribution >= 0.6 is 11.3 Å². The number of carbonyl (C=O) groups excluding carboxylic acids is 1. The van der Waals surface area contributed by atoms with Gasteiger partial charge in [-0.25, -0.2) is 4.98 Å². The van der Waals surface area contributed by atoms with Crippen LogP contribution in [0.4, 0.5) is 10.8 Å². The summed E-state index contributed by atoms with van der Waals surface area (Å²) in [7, 11) is 2.17. The Morgan fingerprint density at radius 3 is 2.89 bits per heavy atom. The second-order valence-electron chi connectivity index (χ2n) is 12.6. The molecule has 3 aliphatic rings. The lowest BCUT2D eigenvalue weighted by Gasteiger charge is -2.33. The monoisotopic (exact) mass is 630 g/mol. The van der Waals surface area contributed by atoms with Crippen molar-refractivity contribution in [3.05, 3.63) is 46.7 Å². The average Bonchev–Trinajstić information content (AvgIpc) is 3.62. The van der Waals surface area contributed by atoms with Crippen LogP contribution in [-0.4, -0.2) is 82.7 Å². The highest BCUT2D eigenvalue weighted by Crippen LogP contribution is 2.48. The second kappa shape index (κ2) is 12.8. The molecule has 12 heteroatoms. The lowest BCUT2D eigenvalue weighted by molar-refractivity contribution is -0.128. The molecule has 5 heterocycles. The number of aryl methyl sites for hydroxylation is 1. The number of ether oxygens (including phenoxy) is 1. The van der Waals surface area contributed by atoms with Gasteiger partial charge in [0, 0.05) is 48.2 Å². The molecule has 1 aliphatic carbocycles. The quantitative estimate of drug-likeness (QED) is 0.364. The number of aromatic nitrogens is 3. The van der Waals surface area contributed by atoms with Crippen molar-refractivity contribution in [2.75, 3.05) is 50.4 Å². The number of pyridine rings is 1. The zero-order chi connectivity index (χ0) is 31.7. The van der Waals surface area contributed by atoms with Crippen molar-refractivity contribution >= 4 is 28.1 Å². The fourth-order valence-electron chi connectivity index (χ4n) is 7.13. The number of likely N-dealkylation sites (N-methyl/N-ethyl adjacent to an activating group) is 1. The molecule has 3 atom stereocenters. The van der Waals surface area contributed by atoms with Crippen LogP contribution in [-0.2, 0) is 16.6 Å². The van der Waals surface area contributed by atoms with Crippen LogP contribution in [0.25, 0.3) is 11.5 Å². The van der Waals surface area contributed by atoms with Gasteiger partial charge in [0.05, 0.1) is 17.5 Å². The summed E-state index contributed by atoms with van der Waals surface area (Å²) in [5.41, 5.74) is 7.62. The molecule has 2 aliphatic heterocycles. The number of likely N-dealkylation sites (tertiary alicyclic amines) is 1. The van der Waals surface area contributed by atoms with Gasteiger partial charge in [-0.2, -0.15) is 10.2 Å². The van der Waals surface area contributed by atoms with Crippen molar-refractivity contribution in [2.24, 2.45) is 0 Å². The Labute approximate surface area is 268 Å². The molecule has 6 rings (SSSR count). The molecular weight excluding hydrogens is 588 g/mol. The maximum absolute atomic E-state index is 12.4. The maximum atomic E-state index is 12.4. The largest absolute Gasteiger partial charge is 0.488 e. The van der Waals surface area contributed by atoms with E-state index in [2.05, 4.69) is 48.5 Å². The third-order valence-electron chi connectivity index (χ3n) is 9.50. The molecule has 3 aromatic heterocycles. The molecule has 238 valence electrons. The molecule has 0 bridgehead atoms. The Morgan fingerprint density at radius 2 is 2.11 bits per heavy atom. The van der Waals surface area contributed by atoms with Crippen molar-refractivity contribution < 1.29 is 14.1 Å². The van der Waals surface area contributed by atoms with E-state index in [9.17, 15) is 10.1 Å². The number of nitriles is 1. The van der Waals surface area contributed by atoms with Crippen LogP contribution in [0, 0.1) is 11.3 Å². The van der Waals surface area contributed by atoms with Crippen molar-refractivity contribution in [2.45, 2.75) is 76.4 Å². The summed E-state index contributed by atoms with van der Waals surface area (Å²) in [6, 6.07) is 6.48. The molecule has 11 nitrogen and oxygen atoms in total. The van der Waals surface area contributed by atoms with E-state index in [1.165, 1.54) is 17.4 Å². The molecule has 0 saturated carbocycles. The lowest BCUT2D eigenvalue weighted by Crippen LogP contribution is -2.43. The summed E-state index contributed by atoms with van der Waals surface area (Å²) in [5.74, 6) is 2.23. The van der Waals surface area contributed by atoms with Crippen LogP contribution in [0.5, 0.6) is 5.75 Å². The highest BCUT2D eigenvalue weighted by atomic mass is 32.1. The first-order chi connectivity index (χ1) is 21.7. The van der Waals surface area contributed by atoms with E-state index >= 15 is 0 Å². The van der Waals surface area contributed by atoms with Gasteiger partial charge in [0.2, 0.25) is 17.6 Å². The minimum atomic E-state index is -0.624. The van der Waals surface area contributed by atoms with E-state index in [0.717, 1.165) is 80.8 Å². The van der Waals surface area contributed by atoms with Gasteiger partial charge in [-0.3, -0.25) is 4.79 Å². The normalized spacial score (nSPS) is 24.0. The van der Waals surface area contributed by atoms with Crippen LogP contribution in [0.3, 0.4) is 0 Å². The number of thiophene rings is 1. The zero-order valence-corrected chi connectivity index (χ0v) is 27.2. The predicted molar refractivity (Wildman–Crippen MR) is 174 cm³/mol. The van der Waals surface area contributed by atoms with Gasteiger partial charge in [0.25, 0.3) is 0 Å². The molecule has 2 saturated heterocycles. The molecule has 2 N–H and O–H groups in total. The van der Waals surface area contributed by atoms with E-state index in [1.807, 2.05) is 12.1 Å². The number of rotatable bonds is 7. The van der Waals surface area contributed by atoms with Gasteiger partial charge in [-0.1, -0.05) is 18.7 Å². The Balaban J connectivity index is 1.38. The van der Waals surface area contributed by atoms with E-state index in [1.54, 1.807) is 4.90 Å². The SMILES string of the molecule is C=CC(=O)N1CCCC(Oc2cc(-c3noc([C@@]4(C)CCCc5sc(N)c(C#N)c54)n3)nc(N3CCCN(C)C[C@@H]3CC)c2)C1. The molecule has 3 aromatic rings. The molecule has 2 fully saturated rings. The number of nitrogens with zero attached hydrogens (tertiary/aromatic N) is 7. The molecule has 0 aromatic carbocycles. The number of amides is 1. The molecular formula is C33H42N8O3S. The predicted octanol–water partition coefficient (Wildman–Crippen LogP) is 4.77. The summed E-state index contributed by atoms with van der Waals surface area (Å²) in [5, 5.41) is 14.9. The van der Waals surface area contributed by atoms with Crippen LogP contribution in [0.15, 0.2) is 29.3 Å². The van der Waals surface area contributed by atoms with Crippen molar-refractivity contribution in [3.63, 3.8) is 0 Å².